The van der Waals surface area contributed by atoms with Gasteiger partial charge in [-0.2, -0.15) is 0 Å². The molecular weight excluding hydrogens is 408 g/mol. The molecule has 2 bridgehead atoms. The highest BCUT2D eigenvalue weighted by Crippen LogP contribution is 2.64. The lowest BCUT2D eigenvalue weighted by molar-refractivity contribution is -0.128. The van der Waals surface area contributed by atoms with Crippen molar-refractivity contribution < 1.29 is 22.6 Å². The molecule has 0 aliphatic heterocycles. The Balaban J connectivity index is 0.000000291. The topological polar surface area (TPSA) is 91.3 Å². The van der Waals surface area contributed by atoms with Gasteiger partial charge < -0.3 is 4.55 Å². The Morgan fingerprint density at radius 2 is 1.62 bits per heavy atom. The number of fused-ring (bicyclic) bond motifs is 2. The van der Waals surface area contributed by atoms with E-state index in [1.807, 2.05) is 20.8 Å². The number of hydrogen-bond acceptors (Lipinski definition) is 5. The van der Waals surface area contributed by atoms with Gasteiger partial charge in [0.2, 0.25) is 0 Å². The molecule has 0 aromatic heterocycles. The molecule has 7 heteroatoms. The largest absolute Gasteiger partial charge is 0.747 e. The summed E-state index contributed by atoms with van der Waals surface area (Å²) in [5, 5.41) is -1.30. The van der Waals surface area contributed by atoms with Crippen LogP contribution in [0.2, 0.25) is 0 Å². The molecule has 2 aliphatic carbocycles. The summed E-state index contributed by atoms with van der Waals surface area (Å²) in [6.07, 6.45) is 7.21. The zero-order valence-electron chi connectivity index (χ0n) is 19.1. The fourth-order valence-electron chi connectivity index (χ4n) is 4.61. The number of carbonyl (C=O) groups excluding carboxylic acids is 2. The lowest BCUT2D eigenvalue weighted by Gasteiger charge is -2.32. The quantitative estimate of drug-likeness (QED) is 0.370. The lowest BCUT2D eigenvalue weighted by Crippen LogP contribution is -2.38. The second kappa shape index (κ2) is 10.8. The van der Waals surface area contributed by atoms with Gasteiger partial charge in [-0.25, -0.2) is 8.42 Å². The van der Waals surface area contributed by atoms with E-state index in [4.69, 9.17) is 0 Å². The van der Waals surface area contributed by atoms with E-state index in [0.29, 0.717) is 29.5 Å². The molecule has 0 N–H and O–H groups in total. The van der Waals surface area contributed by atoms with E-state index < -0.39 is 20.8 Å². The summed E-state index contributed by atoms with van der Waals surface area (Å²) < 4.78 is 33.3. The number of Topliss-reactive ketones (excluding diaryl/α,β-unsaturated/α-hetero) is 2. The SMILES string of the molecule is CC12CCC(C(S(=O)(=O)[O-])C1=O)C2(C)C.CCCC[S+](CCCC)CC(=O)CC. The van der Waals surface area contributed by atoms with Crippen molar-refractivity contribution in [1.29, 1.82) is 0 Å². The van der Waals surface area contributed by atoms with E-state index in [0.717, 1.165) is 12.2 Å². The van der Waals surface area contributed by atoms with Gasteiger partial charge >= 0.3 is 0 Å². The third-order valence-electron chi connectivity index (χ3n) is 7.12. The minimum absolute atomic E-state index is 0.294. The molecule has 0 heterocycles. The maximum atomic E-state index is 12.0. The van der Waals surface area contributed by atoms with Gasteiger partial charge in [0.15, 0.2) is 17.3 Å². The third-order valence-corrected chi connectivity index (χ3v) is 10.7. The monoisotopic (exact) mass is 448 g/mol. The predicted molar refractivity (Wildman–Crippen MR) is 120 cm³/mol. The first kappa shape index (κ1) is 26.6. The van der Waals surface area contributed by atoms with Gasteiger partial charge in [0.1, 0.15) is 26.9 Å². The Morgan fingerprint density at radius 1 is 1.10 bits per heavy atom. The van der Waals surface area contributed by atoms with E-state index in [9.17, 15) is 22.6 Å². The summed E-state index contributed by atoms with van der Waals surface area (Å²) in [6, 6.07) is 0. The molecule has 5 nitrogen and oxygen atoms in total. The van der Waals surface area contributed by atoms with Crippen molar-refractivity contribution in [2.24, 2.45) is 16.7 Å². The van der Waals surface area contributed by atoms with Crippen molar-refractivity contribution in [3.05, 3.63) is 0 Å². The van der Waals surface area contributed by atoms with Gasteiger partial charge in [-0.3, -0.25) is 9.59 Å². The molecule has 170 valence electrons. The molecule has 29 heavy (non-hydrogen) atoms. The molecule has 0 radical (unpaired) electrons. The normalized spacial score (nSPS) is 27.8. The molecule has 0 spiro atoms. The maximum absolute atomic E-state index is 12.0. The van der Waals surface area contributed by atoms with Gasteiger partial charge in [0, 0.05) is 11.8 Å². The highest BCUT2D eigenvalue weighted by atomic mass is 32.2. The van der Waals surface area contributed by atoms with Crippen LogP contribution in [0.4, 0.5) is 0 Å². The fourth-order valence-corrected chi connectivity index (χ4v) is 8.56. The van der Waals surface area contributed by atoms with Crippen LogP contribution in [-0.2, 0) is 30.6 Å². The second-order valence-corrected chi connectivity index (χ2v) is 13.1. The molecular formula is C22H40O5S2. The third kappa shape index (κ3) is 6.07. The van der Waals surface area contributed by atoms with Crippen molar-refractivity contribution in [2.75, 3.05) is 17.3 Å². The van der Waals surface area contributed by atoms with Crippen LogP contribution < -0.4 is 0 Å². The minimum atomic E-state index is -4.49. The van der Waals surface area contributed by atoms with E-state index in [1.54, 1.807) is 6.92 Å². The summed E-state index contributed by atoms with van der Waals surface area (Å²) in [4.78, 5) is 23.3. The van der Waals surface area contributed by atoms with Gasteiger partial charge in [-0.15, -0.1) is 0 Å². The number of hydrogen-bond donors (Lipinski definition) is 0. The van der Waals surface area contributed by atoms with Crippen molar-refractivity contribution in [1.82, 2.24) is 0 Å². The number of unbranched alkanes of at least 4 members (excludes halogenated alkanes) is 2. The van der Waals surface area contributed by atoms with Crippen molar-refractivity contribution in [2.45, 2.75) is 91.7 Å². The van der Waals surface area contributed by atoms with Crippen molar-refractivity contribution in [3.8, 4) is 0 Å². The summed E-state index contributed by atoms with van der Waals surface area (Å²) in [6.45, 7) is 12.0. The molecule has 2 saturated carbocycles. The van der Waals surface area contributed by atoms with Crippen LogP contribution in [0.15, 0.2) is 0 Å². The van der Waals surface area contributed by atoms with Crippen LogP contribution in [-0.4, -0.2) is 47.0 Å². The Kier molecular flexibility index (Phi) is 9.88. The molecule has 0 aromatic rings. The molecule has 3 unspecified atom stereocenters. The Hall–Kier alpha value is -0.400. The average Bonchev–Trinajstić information content (AvgIpc) is 2.95. The molecule has 2 fully saturated rings. The van der Waals surface area contributed by atoms with Gasteiger partial charge in [0.25, 0.3) is 0 Å². The van der Waals surface area contributed by atoms with E-state index in [2.05, 4.69) is 13.8 Å². The standard InChI is InChI=1S/C12H25OS.C10H16O4S/c1-4-7-9-14(10-8-5-2)11-12(13)6-3;1-9(2)6-4-5-10(9,3)8(11)7(6)15(12,13)14/h4-11H2,1-3H3;6-7H,4-5H2,1-3H3,(H,12,13,14)/q+1;/p-1. The molecule has 2 rings (SSSR count). The van der Waals surface area contributed by atoms with Crippen molar-refractivity contribution >= 4 is 32.6 Å². The second-order valence-electron chi connectivity index (χ2n) is 9.24. The molecule has 2 aliphatic rings. The zero-order valence-corrected chi connectivity index (χ0v) is 20.7. The van der Waals surface area contributed by atoms with Crippen LogP contribution in [0, 0.1) is 16.7 Å². The average molecular weight is 449 g/mol. The summed E-state index contributed by atoms with van der Waals surface area (Å²) in [5.41, 5.74) is -0.994. The minimum Gasteiger partial charge on any atom is -0.747 e. The van der Waals surface area contributed by atoms with Crippen LogP contribution in [0.1, 0.15) is 86.5 Å². The van der Waals surface area contributed by atoms with Gasteiger partial charge in [-0.1, -0.05) is 54.4 Å². The summed E-state index contributed by atoms with van der Waals surface area (Å²) >= 11 is 0. The highest BCUT2D eigenvalue weighted by Gasteiger charge is 2.67. The first-order chi connectivity index (χ1) is 13.4. The van der Waals surface area contributed by atoms with Crippen LogP contribution in [0.25, 0.3) is 0 Å². The highest BCUT2D eigenvalue weighted by molar-refractivity contribution is 7.97. The molecule has 0 amide bonds. The van der Waals surface area contributed by atoms with Gasteiger partial charge in [-0.05, 0) is 47.9 Å². The Bertz CT molecular complexity index is 663. The van der Waals surface area contributed by atoms with Crippen LogP contribution >= 0.6 is 0 Å². The summed E-state index contributed by atoms with van der Waals surface area (Å²) in [5.74, 6) is 3.22. The lowest BCUT2D eigenvalue weighted by atomic mass is 9.70. The fraction of sp³-hybridized carbons (Fsp3) is 0.909. The predicted octanol–water partition coefficient (Wildman–Crippen LogP) is 4.11. The maximum Gasteiger partial charge on any atom is 0.181 e. The van der Waals surface area contributed by atoms with Crippen molar-refractivity contribution in [3.63, 3.8) is 0 Å². The molecule has 0 saturated heterocycles. The zero-order chi connectivity index (χ0) is 22.5. The molecule has 3 atom stereocenters. The number of carbonyl (C=O) groups is 2. The van der Waals surface area contributed by atoms with Crippen LogP contribution in [0.5, 0.6) is 0 Å². The van der Waals surface area contributed by atoms with Gasteiger partial charge in [0.05, 0.1) is 0 Å². The number of rotatable bonds is 10. The van der Waals surface area contributed by atoms with E-state index in [-0.39, 0.29) is 17.1 Å². The number of ketones is 2. The first-order valence-electron chi connectivity index (χ1n) is 11.0. The smallest absolute Gasteiger partial charge is 0.181 e. The first-order valence-corrected chi connectivity index (χ1v) is 14.2. The Labute approximate surface area is 180 Å². The van der Waals surface area contributed by atoms with Crippen LogP contribution in [0.3, 0.4) is 0 Å². The van der Waals surface area contributed by atoms with E-state index in [1.165, 1.54) is 37.2 Å². The molecule has 0 aromatic carbocycles. The Morgan fingerprint density at radius 3 is 1.93 bits per heavy atom. The summed E-state index contributed by atoms with van der Waals surface area (Å²) in [7, 11) is -4.10. The van der Waals surface area contributed by atoms with E-state index >= 15 is 0 Å².